The van der Waals surface area contributed by atoms with Crippen molar-refractivity contribution in [2.75, 3.05) is 11.9 Å². The number of hydrogen-bond acceptors (Lipinski definition) is 4. The molecule has 100 valence electrons. The molecule has 1 aromatic rings. The van der Waals surface area contributed by atoms with E-state index >= 15 is 0 Å². The van der Waals surface area contributed by atoms with Crippen LogP contribution in [0, 0.1) is 5.92 Å². The van der Waals surface area contributed by atoms with E-state index in [1.54, 1.807) is 6.92 Å². The van der Waals surface area contributed by atoms with E-state index in [1.165, 1.54) is 0 Å². The lowest BCUT2D eigenvalue weighted by molar-refractivity contribution is -0.145. The summed E-state index contributed by atoms with van der Waals surface area (Å²) in [6, 6.07) is 8.92. The molecule has 0 aliphatic rings. The van der Waals surface area contributed by atoms with Crippen molar-refractivity contribution in [2.24, 2.45) is 11.7 Å². The summed E-state index contributed by atoms with van der Waals surface area (Å²) in [5.74, 6) is -0.135. The van der Waals surface area contributed by atoms with Gasteiger partial charge in [0.05, 0.1) is 12.6 Å². The molecule has 2 atom stereocenters. The van der Waals surface area contributed by atoms with Crippen molar-refractivity contribution in [2.45, 2.75) is 32.9 Å². The molecular weight excluding hydrogens is 228 g/mol. The van der Waals surface area contributed by atoms with E-state index in [4.69, 9.17) is 10.5 Å². The van der Waals surface area contributed by atoms with Gasteiger partial charge >= 0.3 is 5.97 Å². The number of carbonyl (C=O) groups excluding carboxylic acids is 1. The average Bonchev–Trinajstić information content (AvgIpc) is 2.36. The number of carbonyl (C=O) groups is 1. The first kappa shape index (κ1) is 14.5. The number of benzene rings is 1. The van der Waals surface area contributed by atoms with E-state index in [9.17, 15) is 4.79 Å². The minimum absolute atomic E-state index is 0.147. The lowest BCUT2D eigenvalue weighted by atomic mass is 9.96. The fourth-order valence-corrected chi connectivity index (χ4v) is 1.78. The molecule has 0 saturated heterocycles. The third kappa shape index (κ3) is 4.04. The van der Waals surface area contributed by atoms with Crippen LogP contribution in [0.25, 0.3) is 0 Å². The van der Waals surface area contributed by atoms with Crippen LogP contribution < -0.4 is 11.1 Å². The van der Waals surface area contributed by atoms with Gasteiger partial charge in [-0.3, -0.25) is 4.79 Å². The van der Waals surface area contributed by atoms with E-state index in [1.807, 2.05) is 44.2 Å². The van der Waals surface area contributed by atoms with Gasteiger partial charge in [0.2, 0.25) is 0 Å². The van der Waals surface area contributed by atoms with Gasteiger partial charge in [-0.05, 0) is 25.0 Å². The molecule has 1 aromatic carbocycles. The third-order valence-corrected chi connectivity index (χ3v) is 2.77. The summed E-state index contributed by atoms with van der Waals surface area (Å²) in [7, 11) is 0. The minimum Gasteiger partial charge on any atom is -0.465 e. The van der Waals surface area contributed by atoms with Gasteiger partial charge in [-0.1, -0.05) is 32.0 Å². The Morgan fingerprint density at radius 2 is 1.94 bits per heavy atom. The van der Waals surface area contributed by atoms with E-state index < -0.39 is 6.04 Å². The monoisotopic (exact) mass is 250 g/mol. The Morgan fingerprint density at radius 3 is 2.44 bits per heavy atom. The van der Waals surface area contributed by atoms with Crippen molar-refractivity contribution in [3.63, 3.8) is 0 Å². The predicted molar refractivity (Wildman–Crippen MR) is 73.3 cm³/mol. The van der Waals surface area contributed by atoms with Gasteiger partial charge in [-0.15, -0.1) is 0 Å². The van der Waals surface area contributed by atoms with E-state index in [-0.39, 0.29) is 17.9 Å². The fourth-order valence-electron chi connectivity index (χ4n) is 1.78. The van der Waals surface area contributed by atoms with E-state index in [0.29, 0.717) is 6.61 Å². The molecule has 0 aliphatic heterocycles. The Morgan fingerprint density at radius 1 is 1.33 bits per heavy atom. The van der Waals surface area contributed by atoms with Crippen molar-refractivity contribution in [1.82, 2.24) is 0 Å². The summed E-state index contributed by atoms with van der Waals surface area (Å²) < 4.78 is 4.97. The lowest BCUT2D eigenvalue weighted by Crippen LogP contribution is -2.49. The maximum Gasteiger partial charge on any atom is 0.325 e. The highest BCUT2D eigenvalue weighted by Gasteiger charge is 2.28. The molecule has 0 heterocycles. The third-order valence-electron chi connectivity index (χ3n) is 2.77. The van der Waals surface area contributed by atoms with Crippen molar-refractivity contribution < 1.29 is 9.53 Å². The molecule has 1 rings (SSSR count). The largest absolute Gasteiger partial charge is 0.465 e. The van der Waals surface area contributed by atoms with Gasteiger partial charge in [0, 0.05) is 5.69 Å². The molecule has 4 heteroatoms. The smallest absolute Gasteiger partial charge is 0.325 e. The SMILES string of the molecule is CCOC(=O)[C@@H](N)[C@H](Nc1ccccc1)C(C)C. The molecule has 0 bridgehead atoms. The number of hydrogen-bond donors (Lipinski definition) is 2. The van der Waals surface area contributed by atoms with Crippen LogP contribution in [0.5, 0.6) is 0 Å². The average molecular weight is 250 g/mol. The second kappa shape index (κ2) is 7.01. The predicted octanol–water partition coefficient (Wildman–Crippen LogP) is 2.01. The van der Waals surface area contributed by atoms with Crippen molar-refractivity contribution in [3.8, 4) is 0 Å². The zero-order valence-corrected chi connectivity index (χ0v) is 11.2. The van der Waals surface area contributed by atoms with Crippen molar-refractivity contribution in [1.29, 1.82) is 0 Å². The normalized spacial score (nSPS) is 14.1. The second-order valence-corrected chi connectivity index (χ2v) is 4.56. The maximum absolute atomic E-state index is 11.7. The van der Waals surface area contributed by atoms with Crippen LogP contribution in [0.15, 0.2) is 30.3 Å². The Kier molecular flexibility index (Phi) is 5.65. The molecule has 3 N–H and O–H groups in total. The topological polar surface area (TPSA) is 64.3 Å². The number of nitrogens with one attached hydrogen (secondary N) is 1. The summed E-state index contributed by atoms with van der Waals surface area (Å²) in [5, 5.41) is 3.29. The highest BCUT2D eigenvalue weighted by molar-refractivity contribution is 5.77. The van der Waals surface area contributed by atoms with Crippen molar-refractivity contribution >= 4 is 11.7 Å². The molecule has 18 heavy (non-hydrogen) atoms. The van der Waals surface area contributed by atoms with Crippen LogP contribution in [-0.2, 0) is 9.53 Å². The van der Waals surface area contributed by atoms with Gasteiger partial charge in [0.25, 0.3) is 0 Å². The Hall–Kier alpha value is -1.55. The van der Waals surface area contributed by atoms with Crippen LogP contribution in [-0.4, -0.2) is 24.7 Å². The first-order valence-corrected chi connectivity index (χ1v) is 6.30. The Balaban J connectivity index is 2.74. The fraction of sp³-hybridized carbons (Fsp3) is 0.500. The molecule has 0 radical (unpaired) electrons. The summed E-state index contributed by atoms with van der Waals surface area (Å²) in [6.45, 7) is 6.18. The highest BCUT2D eigenvalue weighted by atomic mass is 16.5. The van der Waals surface area contributed by atoms with Gasteiger partial charge in [-0.25, -0.2) is 0 Å². The van der Waals surface area contributed by atoms with Gasteiger partial charge < -0.3 is 15.8 Å². The van der Waals surface area contributed by atoms with Gasteiger partial charge in [-0.2, -0.15) is 0 Å². The first-order chi connectivity index (χ1) is 8.56. The molecular formula is C14H22N2O2. The quantitative estimate of drug-likeness (QED) is 0.758. The molecule has 0 fully saturated rings. The summed E-state index contributed by atoms with van der Waals surface area (Å²) >= 11 is 0. The number of ether oxygens (including phenoxy) is 1. The van der Waals surface area contributed by atoms with Crippen LogP contribution in [0.4, 0.5) is 5.69 Å². The summed E-state index contributed by atoms with van der Waals surface area (Å²) in [4.78, 5) is 11.7. The summed E-state index contributed by atoms with van der Waals surface area (Å²) in [5.41, 5.74) is 6.91. The lowest BCUT2D eigenvalue weighted by Gasteiger charge is -2.27. The second-order valence-electron chi connectivity index (χ2n) is 4.56. The molecule has 0 spiro atoms. The van der Waals surface area contributed by atoms with Crippen LogP contribution in [0.2, 0.25) is 0 Å². The molecule has 0 unspecified atom stereocenters. The zero-order valence-electron chi connectivity index (χ0n) is 11.2. The van der Waals surface area contributed by atoms with Crippen molar-refractivity contribution in [3.05, 3.63) is 30.3 Å². The standard InChI is InChI=1S/C14H22N2O2/c1-4-18-14(17)12(15)13(10(2)3)16-11-8-6-5-7-9-11/h5-10,12-13,16H,4,15H2,1-3H3/t12-,13+/m0/s1. The maximum atomic E-state index is 11.7. The molecule has 0 saturated carbocycles. The Labute approximate surface area is 109 Å². The number of rotatable bonds is 6. The van der Waals surface area contributed by atoms with Gasteiger partial charge in [0.15, 0.2) is 0 Å². The van der Waals surface area contributed by atoms with Crippen LogP contribution >= 0.6 is 0 Å². The van der Waals surface area contributed by atoms with E-state index in [0.717, 1.165) is 5.69 Å². The zero-order chi connectivity index (χ0) is 13.5. The number of esters is 1. The molecule has 0 aromatic heterocycles. The van der Waals surface area contributed by atoms with E-state index in [2.05, 4.69) is 5.32 Å². The summed E-state index contributed by atoms with van der Waals surface area (Å²) in [6.07, 6.45) is 0. The number of anilines is 1. The van der Waals surface area contributed by atoms with Gasteiger partial charge in [0.1, 0.15) is 6.04 Å². The molecule has 0 amide bonds. The minimum atomic E-state index is -0.662. The van der Waals surface area contributed by atoms with Crippen LogP contribution in [0.1, 0.15) is 20.8 Å². The molecule has 4 nitrogen and oxygen atoms in total. The number of para-hydroxylation sites is 1. The number of nitrogens with two attached hydrogens (primary N) is 1. The molecule has 0 aliphatic carbocycles. The Bertz CT molecular complexity index is 365. The highest BCUT2D eigenvalue weighted by Crippen LogP contribution is 2.15. The van der Waals surface area contributed by atoms with Crippen LogP contribution in [0.3, 0.4) is 0 Å². The first-order valence-electron chi connectivity index (χ1n) is 6.30.